The Bertz CT molecular complexity index is 568. The molecule has 1 aliphatic rings. The number of rotatable bonds is 6. The first kappa shape index (κ1) is 16.1. The maximum absolute atomic E-state index is 11.6. The zero-order valence-electron chi connectivity index (χ0n) is 12.3. The summed E-state index contributed by atoms with van der Waals surface area (Å²) in [7, 11) is 0. The molecule has 1 fully saturated rings. The van der Waals surface area contributed by atoms with Crippen molar-refractivity contribution < 1.29 is 9.90 Å². The molecule has 7 nitrogen and oxygen atoms in total. The first-order valence-corrected chi connectivity index (χ1v) is 8.16. The number of carboxylic acid groups (broad SMARTS) is 1. The molecule has 0 spiro atoms. The van der Waals surface area contributed by atoms with E-state index in [0.29, 0.717) is 23.8 Å². The normalized spacial score (nSPS) is 25.6. The fourth-order valence-electron chi connectivity index (χ4n) is 2.93. The molecule has 2 rings (SSSR count). The highest BCUT2D eigenvalue weighted by atomic mass is 32.2. The van der Waals surface area contributed by atoms with Gasteiger partial charge in [0.2, 0.25) is 0 Å². The van der Waals surface area contributed by atoms with Gasteiger partial charge in [0.15, 0.2) is 5.16 Å². The summed E-state index contributed by atoms with van der Waals surface area (Å²) in [5.41, 5.74) is 4.71. The summed E-state index contributed by atoms with van der Waals surface area (Å²) < 4.78 is 1.60. The lowest BCUT2D eigenvalue weighted by atomic mass is 9.86. The van der Waals surface area contributed by atoms with E-state index in [2.05, 4.69) is 10.2 Å². The van der Waals surface area contributed by atoms with Crippen LogP contribution in [0.3, 0.4) is 0 Å². The van der Waals surface area contributed by atoms with Gasteiger partial charge in [-0.3, -0.25) is 9.36 Å². The molecule has 4 N–H and O–H groups in total. The lowest BCUT2D eigenvalue weighted by molar-refractivity contribution is -0.144. The van der Waals surface area contributed by atoms with Gasteiger partial charge in [-0.15, -0.1) is 5.10 Å². The highest BCUT2D eigenvalue weighted by Crippen LogP contribution is 2.37. The van der Waals surface area contributed by atoms with Crippen LogP contribution in [0, 0.1) is 5.92 Å². The van der Waals surface area contributed by atoms with E-state index in [0.717, 1.165) is 12.8 Å². The van der Waals surface area contributed by atoms with Gasteiger partial charge in [0, 0.05) is 11.8 Å². The summed E-state index contributed by atoms with van der Waals surface area (Å²) >= 11 is 1.47. The van der Waals surface area contributed by atoms with Crippen molar-refractivity contribution in [1.29, 1.82) is 0 Å². The van der Waals surface area contributed by atoms with Gasteiger partial charge in [-0.1, -0.05) is 18.2 Å². The Kier molecular flexibility index (Phi) is 4.77. The number of nitrogens with two attached hydrogens (primary N) is 1. The Morgan fingerprint density at radius 2 is 2.38 bits per heavy atom. The summed E-state index contributed by atoms with van der Waals surface area (Å²) in [5, 5.41) is 16.4. The minimum absolute atomic E-state index is 0.0133. The van der Waals surface area contributed by atoms with Gasteiger partial charge >= 0.3 is 11.7 Å². The predicted octanol–water partition coefficient (Wildman–Crippen LogP) is 1.22. The smallest absolute Gasteiger partial charge is 0.344 e. The number of carbonyl (C=O) groups is 1. The quantitative estimate of drug-likeness (QED) is 0.680. The maximum Gasteiger partial charge on any atom is 0.344 e. The molecule has 1 heterocycles. The van der Waals surface area contributed by atoms with Crippen molar-refractivity contribution in [3.8, 4) is 0 Å². The van der Waals surface area contributed by atoms with Gasteiger partial charge in [-0.2, -0.15) is 0 Å². The molecule has 2 atom stereocenters. The van der Waals surface area contributed by atoms with Crippen LogP contribution in [-0.2, 0) is 4.79 Å². The van der Waals surface area contributed by atoms with Crippen molar-refractivity contribution in [2.24, 2.45) is 11.7 Å². The van der Waals surface area contributed by atoms with E-state index in [1.807, 2.05) is 13.8 Å². The third-order valence-corrected chi connectivity index (χ3v) is 5.14. The van der Waals surface area contributed by atoms with Crippen LogP contribution in [0.15, 0.2) is 9.95 Å². The fraction of sp³-hybridized carbons (Fsp3) is 0.769. The standard InChI is InChI=1S/C13H22N4O3S/c1-8(2)17-11(20)15-16-12(17)21-7-5-9-4-3-6-13(9,14)10(18)19/h8-9H,3-7,14H2,1-2H3,(H,15,20)(H,18,19). The summed E-state index contributed by atoms with van der Waals surface area (Å²) in [4.78, 5) is 22.9. The SMILES string of the molecule is CC(C)n1c(SCCC2CCCC2(N)C(=O)O)n[nH]c1=O. The number of aromatic amines is 1. The molecular formula is C13H22N4O3S. The Hall–Kier alpha value is -1.28. The number of thioether (sulfide) groups is 1. The molecular weight excluding hydrogens is 292 g/mol. The topological polar surface area (TPSA) is 114 Å². The number of aliphatic carboxylic acids is 1. The maximum atomic E-state index is 11.6. The number of hydrogen-bond acceptors (Lipinski definition) is 5. The highest BCUT2D eigenvalue weighted by molar-refractivity contribution is 7.99. The average molecular weight is 314 g/mol. The van der Waals surface area contributed by atoms with Gasteiger partial charge in [0.05, 0.1) is 0 Å². The number of carboxylic acids is 1. The van der Waals surface area contributed by atoms with Crippen LogP contribution in [0.25, 0.3) is 0 Å². The summed E-state index contributed by atoms with van der Waals surface area (Å²) in [6, 6.07) is 0.0397. The van der Waals surface area contributed by atoms with Gasteiger partial charge in [-0.25, -0.2) is 9.89 Å². The van der Waals surface area contributed by atoms with Crippen LogP contribution in [0.1, 0.15) is 45.6 Å². The van der Waals surface area contributed by atoms with Crippen LogP contribution in [0.5, 0.6) is 0 Å². The molecule has 1 saturated carbocycles. The van der Waals surface area contributed by atoms with E-state index in [-0.39, 0.29) is 17.6 Å². The lowest BCUT2D eigenvalue weighted by Crippen LogP contribution is -2.51. The number of hydrogen-bond donors (Lipinski definition) is 3. The summed E-state index contributed by atoms with van der Waals surface area (Å²) in [6.07, 6.45) is 2.96. The van der Waals surface area contributed by atoms with Crippen LogP contribution in [0.4, 0.5) is 0 Å². The molecule has 2 unspecified atom stereocenters. The largest absolute Gasteiger partial charge is 0.480 e. The van der Waals surface area contributed by atoms with Crippen molar-refractivity contribution in [2.45, 2.75) is 56.3 Å². The molecule has 1 aromatic heterocycles. The third-order valence-electron chi connectivity index (χ3n) is 4.16. The molecule has 0 amide bonds. The first-order chi connectivity index (χ1) is 9.86. The highest BCUT2D eigenvalue weighted by Gasteiger charge is 2.45. The fourth-order valence-corrected chi connectivity index (χ4v) is 4.05. The number of nitrogens with one attached hydrogen (secondary N) is 1. The number of H-pyrrole nitrogens is 1. The van der Waals surface area contributed by atoms with Crippen molar-refractivity contribution in [1.82, 2.24) is 14.8 Å². The van der Waals surface area contributed by atoms with Crippen LogP contribution in [-0.4, -0.2) is 37.1 Å². The molecule has 0 bridgehead atoms. The van der Waals surface area contributed by atoms with E-state index < -0.39 is 11.5 Å². The number of aromatic nitrogens is 3. The zero-order chi connectivity index (χ0) is 15.6. The van der Waals surface area contributed by atoms with E-state index in [1.165, 1.54) is 11.8 Å². The Labute approximate surface area is 127 Å². The van der Waals surface area contributed by atoms with E-state index in [9.17, 15) is 14.7 Å². The van der Waals surface area contributed by atoms with Crippen molar-refractivity contribution in [3.63, 3.8) is 0 Å². The molecule has 8 heteroatoms. The second-order valence-electron chi connectivity index (χ2n) is 5.85. The van der Waals surface area contributed by atoms with E-state index in [1.54, 1.807) is 4.57 Å². The predicted molar refractivity (Wildman–Crippen MR) is 80.5 cm³/mol. The molecule has 0 aromatic carbocycles. The van der Waals surface area contributed by atoms with Crippen molar-refractivity contribution in [2.75, 3.05) is 5.75 Å². The van der Waals surface area contributed by atoms with E-state index in [4.69, 9.17) is 5.73 Å². The van der Waals surface area contributed by atoms with Gasteiger partial charge in [0.25, 0.3) is 0 Å². The monoisotopic (exact) mass is 314 g/mol. The molecule has 0 saturated heterocycles. The minimum Gasteiger partial charge on any atom is -0.480 e. The summed E-state index contributed by atoms with van der Waals surface area (Å²) in [5.74, 6) is -0.219. The number of nitrogens with zero attached hydrogens (tertiary/aromatic N) is 2. The van der Waals surface area contributed by atoms with Gasteiger partial charge in [-0.05, 0) is 39.0 Å². The molecule has 118 valence electrons. The Balaban J connectivity index is 1.96. The van der Waals surface area contributed by atoms with Gasteiger partial charge < -0.3 is 10.8 Å². The molecule has 1 aliphatic carbocycles. The molecule has 0 aliphatic heterocycles. The van der Waals surface area contributed by atoms with Crippen LogP contribution >= 0.6 is 11.8 Å². The van der Waals surface area contributed by atoms with Crippen LogP contribution in [0.2, 0.25) is 0 Å². The van der Waals surface area contributed by atoms with E-state index >= 15 is 0 Å². The lowest BCUT2D eigenvalue weighted by Gasteiger charge is -2.26. The van der Waals surface area contributed by atoms with Crippen LogP contribution < -0.4 is 11.4 Å². The van der Waals surface area contributed by atoms with Crippen molar-refractivity contribution >= 4 is 17.7 Å². The second kappa shape index (κ2) is 6.23. The third kappa shape index (κ3) is 3.16. The molecule has 0 radical (unpaired) electrons. The van der Waals surface area contributed by atoms with Crippen molar-refractivity contribution in [3.05, 3.63) is 10.5 Å². The Morgan fingerprint density at radius 3 is 3.00 bits per heavy atom. The second-order valence-corrected chi connectivity index (χ2v) is 6.91. The summed E-state index contributed by atoms with van der Waals surface area (Å²) in [6.45, 7) is 3.85. The first-order valence-electron chi connectivity index (χ1n) is 7.18. The minimum atomic E-state index is -1.09. The Morgan fingerprint density at radius 1 is 1.67 bits per heavy atom. The average Bonchev–Trinajstić information content (AvgIpc) is 2.95. The zero-order valence-corrected chi connectivity index (χ0v) is 13.2. The molecule has 1 aromatic rings. The van der Waals surface area contributed by atoms with Gasteiger partial charge in [0.1, 0.15) is 5.54 Å². The molecule has 21 heavy (non-hydrogen) atoms.